The first-order valence-electron chi connectivity index (χ1n) is 6.06. The van der Waals surface area contributed by atoms with Gasteiger partial charge < -0.3 is 14.8 Å². The molecule has 5 nitrogen and oxygen atoms in total. The number of hydrogen-bond acceptors (Lipinski definition) is 5. The number of carbonyl (C=O) groups is 2. The minimum atomic E-state index is -0.502. The van der Waals surface area contributed by atoms with Crippen molar-refractivity contribution in [1.82, 2.24) is 5.32 Å². The van der Waals surface area contributed by atoms with Crippen molar-refractivity contribution in [2.45, 2.75) is 5.92 Å². The third-order valence-electron chi connectivity index (χ3n) is 3.07. The van der Waals surface area contributed by atoms with E-state index in [9.17, 15) is 9.59 Å². The highest BCUT2D eigenvalue weighted by atomic mass is 16.5. The van der Waals surface area contributed by atoms with Gasteiger partial charge in [-0.1, -0.05) is 30.3 Å². The maximum Gasteiger partial charge on any atom is 0.336 e. The second-order valence-corrected chi connectivity index (χ2v) is 4.19. The Morgan fingerprint density at radius 2 is 1.45 bits per heavy atom. The Hall–Kier alpha value is -2.56. The maximum absolute atomic E-state index is 11.9. The minimum absolute atomic E-state index is 0.363. The van der Waals surface area contributed by atoms with Gasteiger partial charge in [0, 0.05) is 12.4 Å². The van der Waals surface area contributed by atoms with Gasteiger partial charge in [0.25, 0.3) is 0 Å². The van der Waals surface area contributed by atoms with Crippen LogP contribution < -0.4 is 5.32 Å². The SMILES string of the molecule is COC(=O)C1=CNC=C(C(=O)OC)C1c1ccccc1. The molecule has 1 aliphatic rings. The van der Waals surface area contributed by atoms with Gasteiger partial charge in [-0.3, -0.25) is 0 Å². The second kappa shape index (κ2) is 6.06. The molecule has 0 saturated carbocycles. The van der Waals surface area contributed by atoms with Crippen LogP contribution in [0.25, 0.3) is 0 Å². The highest BCUT2D eigenvalue weighted by molar-refractivity contribution is 5.98. The number of benzene rings is 1. The summed E-state index contributed by atoms with van der Waals surface area (Å²) in [5.41, 5.74) is 1.55. The Kier molecular flexibility index (Phi) is 4.20. The molecule has 0 unspecified atom stereocenters. The Labute approximate surface area is 116 Å². The molecular formula is C15H15NO4. The average Bonchev–Trinajstić information content (AvgIpc) is 2.53. The number of nitrogens with one attached hydrogen (secondary N) is 1. The average molecular weight is 273 g/mol. The fraction of sp³-hybridized carbons (Fsp3) is 0.200. The molecule has 20 heavy (non-hydrogen) atoms. The van der Waals surface area contributed by atoms with Crippen molar-refractivity contribution in [3.05, 3.63) is 59.4 Å². The predicted octanol–water partition coefficient (Wildman–Crippen LogP) is 1.49. The van der Waals surface area contributed by atoms with Crippen molar-refractivity contribution in [3.63, 3.8) is 0 Å². The molecule has 5 heteroatoms. The van der Waals surface area contributed by atoms with E-state index in [2.05, 4.69) is 5.32 Å². The first-order chi connectivity index (χ1) is 9.69. The molecule has 1 aromatic carbocycles. The summed E-state index contributed by atoms with van der Waals surface area (Å²) >= 11 is 0. The van der Waals surface area contributed by atoms with Gasteiger partial charge in [-0.05, 0) is 5.56 Å². The summed E-state index contributed by atoms with van der Waals surface area (Å²) in [6.07, 6.45) is 3.08. The number of hydrogen-bond donors (Lipinski definition) is 1. The van der Waals surface area contributed by atoms with Crippen LogP contribution >= 0.6 is 0 Å². The molecular weight excluding hydrogens is 258 g/mol. The van der Waals surface area contributed by atoms with Gasteiger partial charge in [0.15, 0.2) is 0 Å². The van der Waals surface area contributed by atoms with E-state index in [1.807, 2.05) is 30.3 Å². The molecule has 0 spiro atoms. The molecule has 104 valence electrons. The van der Waals surface area contributed by atoms with Crippen molar-refractivity contribution in [2.75, 3.05) is 14.2 Å². The quantitative estimate of drug-likeness (QED) is 0.845. The van der Waals surface area contributed by atoms with Crippen LogP contribution in [-0.2, 0) is 19.1 Å². The summed E-state index contributed by atoms with van der Waals surface area (Å²) in [4.78, 5) is 23.8. The molecule has 0 fully saturated rings. The molecule has 0 aliphatic carbocycles. The molecule has 1 heterocycles. The van der Waals surface area contributed by atoms with E-state index >= 15 is 0 Å². The van der Waals surface area contributed by atoms with E-state index in [4.69, 9.17) is 9.47 Å². The van der Waals surface area contributed by atoms with Crippen molar-refractivity contribution in [3.8, 4) is 0 Å². The van der Waals surface area contributed by atoms with Gasteiger partial charge in [0.1, 0.15) is 0 Å². The standard InChI is InChI=1S/C15H15NO4/c1-19-14(17)11-8-16-9-12(15(18)20-2)13(11)10-6-4-3-5-7-10/h3-9,13,16H,1-2H3. The summed E-state index contributed by atoms with van der Waals surface area (Å²) < 4.78 is 9.55. The van der Waals surface area contributed by atoms with E-state index in [0.717, 1.165) is 5.56 Å². The van der Waals surface area contributed by atoms with Crippen LogP contribution in [0.4, 0.5) is 0 Å². The van der Waals surface area contributed by atoms with E-state index in [1.165, 1.54) is 26.6 Å². The maximum atomic E-state index is 11.9. The number of rotatable bonds is 3. The number of esters is 2. The van der Waals surface area contributed by atoms with Crippen molar-refractivity contribution < 1.29 is 19.1 Å². The number of methoxy groups -OCH3 is 2. The molecule has 0 amide bonds. The van der Waals surface area contributed by atoms with Crippen LogP contribution in [0.3, 0.4) is 0 Å². The van der Waals surface area contributed by atoms with Crippen molar-refractivity contribution in [2.24, 2.45) is 0 Å². The van der Waals surface area contributed by atoms with Crippen LogP contribution in [0.5, 0.6) is 0 Å². The van der Waals surface area contributed by atoms with E-state index in [-0.39, 0.29) is 0 Å². The predicted molar refractivity (Wildman–Crippen MR) is 72.5 cm³/mol. The molecule has 1 aromatic rings. The fourth-order valence-electron chi connectivity index (χ4n) is 2.15. The Morgan fingerprint density at radius 3 is 1.90 bits per heavy atom. The first-order valence-corrected chi connectivity index (χ1v) is 6.06. The van der Waals surface area contributed by atoms with Gasteiger partial charge >= 0.3 is 11.9 Å². The lowest BCUT2D eigenvalue weighted by Crippen LogP contribution is -2.26. The smallest absolute Gasteiger partial charge is 0.336 e. The molecule has 0 saturated heterocycles. The van der Waals surface area contributed by atoms with Gasteiger partial charge in [0.2, 0.25) is 0 Å². The van der Waals surface area contributed by atoms with Crippen LogP contribution in [0.2, 0.25) is 0 Å². The van der Waals surface area contributed by atoms with Gasteiger partial charge in [0.05, 0.1) is 31.3 Å². The Bertz CT molecular complexity index is 543. The highest BCUT2D eigenvalue weighted by Gasteiger charge is 2.33. The third-order valence-corrected chi connectivity index (χ3v) is 3.07. The zero-order valence-electron chi connectivity index (χ0n) is 11.3. The number of dihydropyridines is 1. The Balaban J connectivity index is 2.48. The molecule has 1 N–H and O–H groups in total. The first kappa shape index (κ1) is 13.9. The van der Waals surface area contributed by atoms with Crippen molar-refractivity contribution in [1.29, 1.82) is 0 Å². The van der Waals surface area contributed by atoms with E-state index in [0.29, 0.717) is 11.1 Å². The van der Waals surface area contributed by atoms with Gasteiger partial charge in [-0.2, -0.15) is 0 Å². The van der Waals surface area contributed by atoms with Gasteiger partial charge in [-0.15, -0.1) is 0 Å². The number of ether oxygens (including phenoxy) is 2. The lowest BCUT2D eigenvalue weighted by molar-refractivity contribution is -0.137. The Morgan fingerprint density at radius 1 is 0.950 bits per heavy atom. The van der Waals surface area contributed by atoms with Crippen LogP contribution in [0, 0.1) is 0 Å². The van der Waals surface area contributed by atoms with Crippen LogP contribution in [-0.4, -0.2) is 26.2 Å². The fourth-order valence-corrected chi connectivity index (χ4v) is 2.15. The summed E-state index contributed by atoms with van der Waals surface area (Å²) in [5.74, 6) is -1.47. The normalized spacial score (nSPS) is 14.7. The number of carbonyl (C=O) groups excluding carboxylic acids is 2. The third kappa shape index (κ3) is 2.56. The highest BCUT2D eigenvalue weighted by Crippen LogP contribution is 2.34. The minimum Gasteiger partial charge on any atom is -0.466 e. The van der Waals surface area contributed by atoms with Crippen LogP contribution in [0.15, 0.2) is 53.9 Å². The lowest BCUT2D eigenvalue weighted by atomic mass is 9.84. The molecule has 0 aromatic heterocycles. The summed E-state index contributed by atoms with van der Waals surface area (Å²) in [6.45, 7) is 0. The molecule has 1 aliphatic heterocycles. The van der Waals surface area contributed by atoms with Crippen molar-refractivity contribution >= 4 is 11.9 Å². The summed E-state index contributed by atoms with van der Waals surface area (Å²) in [7, 11) is 2.61. The lowest BCUT2D eigenvalue weighted by Gasteiger charge is -2.24. The molecule has 0 bridgehead atoms. The second-order valence-electron chi connectivity index (χ2n) is 4.19. The van der Waals surface area contributed by atoms with Gasteiger partial charge in [-0.25, -0.2) is 9.59 Å². The molecule has 0 radical (unpaired) electrons. The van der Waals surface area contributed by atoms with E-state index < -0.39 is 17.9 Å². The summed E-state index contributed by atoms with van der Waals surface area (Å²) in [5, 5.41) is 2.79. The molecule has 2 rings (SSSR count). The summed E-state index contributed by atoms with van der Waals surface area (Å²) in [6, 6.07) is 9.27. The van der Waals surface area contributed by atoms with E-state index in [1.54, 1.807) is 0 Å². The zero-order chi connectivity index (χ0) is 14.5. The monoisotopic (exact) mass is 273 g/mol. The molecule has 0 atom stereocenters. The largest absolute Gasteiger partial charge is 0.466 e. The topological polar surface area (TPSA) is 64.6 Å². The van der Waals surface area contributed by atoms with Crippen LogP contribution in [0.1, 0.15) is 11.5 Å². The zero-order valence-corrected chi connectivity index (χ0v) is 11.3.